The molecule has 0 amide bonds. The molecule has 1 unspecified atom stereocenters. The van der Waals surface area contributed by atoms with Crippen LogP contribution >= 0.6 is 11.6 Å². The van der Waals surface area contributed by atoms with Crippen molar-refractivity contribution >= 4 is 17.4 Å². The average molecular weight is 272 g/mol. The highest BCUT2D eigenvalue weighted by atomic mass is 35.5. The Morgan fingerprint density at radius 2 is 2.39 bits per heavy atom. The van der Waals surface area contributed by atoms with Gasteiger partial charge in [-0.3, -0.25) is 0 Å². The highest BCUT2D eigenvalue weighted by Crippen LogP contribution is 2.19. The lowest BCUT2D eigenvalue weighted by atomic mass is 10.2. The Morgan fingerprint density at radius 3 is 3.11 bits per heavy atom. The minimum absolute atomic E-state index is 0.0249. The molecule has 0 spiro atoms. The molecule has 0 saturated carbocycles. The summed E-state index contributed by atoms with van der Waals surface area (Å²) in [7, 11) is 0. The molecule has 5 nitrogen and oxygen atoms in total. The van der Waals surface area contributed by atoms with Crippen molar-refractivity contribution in [2.45, 2.75) is 25.9 Å². The number of aryl methyl sites for hydroxylation is 1. The molecule has 1 aromatic rings. The first-order valence-electron chi connectivity index (χ1n) is 6.23. The maximum atomic E-state index is 9.14. The molecule has 100 valence electrons. The van der Waals surface area contributed by atoms with E-state index in [1.165, 1.54) is 0 Å². The zero-order chi connectivity index (χ0) is 13.0. The van der Waals surface area contributed by atoms with Gasteiger partial charge in [0.15, 0.2) is 0 Å². The zero-order valence-electron chi connectivity index (χ0n) is 10.5. The summed E-state index contributed by atoms with van der Waals surface area (Å²) >= 11 is 6.02. The summed E-state index contributed by atoms with van der Waals surface area (Å²) in [6.45, 7) is 4.10. The second-order valence-corrected chi connectivity index (χ2v) is 4.72. The molecular formula is C12H18ClN3O2. The van der Waals surface area contributed by atoms with Crippen LogP contribution in [0.4, 0.5) is 5.82 Å². The molecule has 1 N–H and O–H groups in total. The molecule has 6 heteroatoms. The van der Waals surface area contributed by atoms with Gasteiger partial charge in [0.25, 0.3) is 0 Å². The highest BCUT2D eigenvalue weighted by molar-refractivity contribution is 6.29. The van der Waals surface area contributed by atoms with Crippen molar-refractivity contribution in [3.8, 4) is 0 Å². The number of aliphatic hydroxyl groups is 1. The fourth-order valence-corrected chi connectivity index (χ4v) is 2.18. The second-order valence-electron chi connectivity index (χ2n) is 4.34. The molecule has 1 fully saturated rings. The number of aliphatic hydroxyl groups excluding tert-OH is 1. The lowest BCUT2D eigenvalue weighted by Gasteiger charge is -2.33. The van der Waals surface area contributed by atoms with Gasteiger partial charge in [-0.05, 0) is 6.42 Å². The standard InChI is InChI=1S/C12H18ClN3O2/c1-2-3-11-14-10(13)6-12(15-11)16-4-5-18-9(7-16)8-17/h6,9,17H,2-5,7-8H2,1H3. The molecule has 0 aliphatic carbocycles. The van der Waals surface area contributed by atoms with Crippen LogP contribution in [0.5, 0.6) is 0 Å². The Hall–Kier alpha value is -0.910. The lowest BCUT2D eigenvalue weighted by molar-refractivity contribution is 0.00334. The first kappa shape index (κ1) is 13.5. The molecule has 18 heavy (non-hydrogen) atoms. The molecule has 1 saturated heterocycles. The Morgan fingerprint density at radius 1 is 1.56 bits per heavy atom. The maximum absolute atomic E-state index is 9.14. The quantitative estimate of drug-likeness (QED) is 0.836. The van der Waals surface area contributed by atoms with Gasteiger partial charge in [-0.2, -0.15) is 0 Å². The van der Waals surface area contributed by atoms with E-state index in [1.807, 2.05) is 0 Å². The van der Waals surface area contributed by atoms with Crippen LogP contribution in [0.3, 0.4) is 0 Å². The Kier molecular flexibility index (Phi) is 4.74. The number of morpholine rings is 1. The molecule has 1 aromatic heterocycles. The summed E-state index contributed by atoms with van der Waals surface area (Å²) in [6, 6.07) is 1.76. The maximum Gasteiger partial charge on any atom is 0.134 e. The van der Waals surface area contributed by atoms with Gasteiger partial charge in [0.05, 0.1) is 19.3 Å². The summed E-state index contributed by atoms with van der Waals surface area (Å²) in [5, 5.41) is 9.61. The van der Waals surface area contributed by atoms with Crippen LogP contribution in [-0.4, -0.2) is 47.5 Å². The summed E-state index contributed by atoms with van der Waals surface area (Å²) in [4.78, 5) is 10.8. The van der Waals surface area contributed by atoms with Crippen molar-refractivity contribution < 1.29 is 9.84 Å². The Labute approximate surface area is 112 Å². The van der Waals surface area contributed by atoms with Gasteiger partial charge in [-0.15, -0.1) is 0 Å². The van der Waals surface area contributed by atoms with Crippen LogP contribution < -0.4 is 4.90 Å². The van der Waals surface area contributed by atoms with Gasteiger partial charge >= 0.3 is 0 Å². The fourth-order valence-electron chi connectivity index (χ4n) is 1.99. The minimum Gasteiger partial charge on any atom is -0.394 e. The van der Waals surface area contributed by atoms with Crippen LogP contribution in [0.25, 0.3) is 0 Å². The van der Waals surface area contributed by atoms with Crippen LogP contribution in [0.1, 0.15) is 19.2 Å². The number of aromatic nitrogens is 2. The monoisotopic (exact) mass is 271 g/mol. The van der Waals surface area contributed by atoms with Gasteiger partial charge < -0.3 is 14.7 Å². The van der Waals surface area contributed by atoms with Gasteiger partial charge in [-0.25, -0.2) is 9.97 Å². The first-order chi connectivity index (χ1) is 8.72. The predicted molar refractivity (Wildman–Crippen MR) is 70.1 cm³/mol. The molecule has 0 radical (unpaired) electrons. The summed E-state index contributed by atoms with van der Waals surface area (Å²) in [5.74, 6) is 1.59. The molecule has 0 aromatic carbocycles. The zero-order valence-corrected chi connectivity index (χ0v) is 11.2. The van der Waals surface area contributed by atoms with Gasteiger partial charge in [0.2, 0.25) is 0 Å². The lowest BCUT2D eigenvalue weighted by Crippen LogP contribution is -2.44. The number of halogens is 1. The van der Waals surface area contributed by atoms with Gasteiger partial charge in [-0.1, -0.05) is 18.5 Å². The third-order valence-electron chi connectivity index (χ3n) is 2.87. The number of hydrogen-bond acceptors (Lipinski definition) is 5. The number of ether oxygens (including phenoxy) is 1. The van der Waals surface area contributed by atoms with Crippen molar-refractivity contribution in [1.29, 1.82) is 0 Å². The topological polar surface area (TPSA) is 58.5 Å². The van der Waals surface area contributed by atoms with E-state index in [4.69, 9.17) is 21.4 Å². The van der Waals surface area contributed by atoms with Crippen LogP contribution in [0.15, 0.2) is 6.07 Å². The molecule has 2 heterocycles. The minimum atomic E-state index is -0.151. The number of nitrogens with zero attached hydrogens (tertiary/aromatic N) is 3. The predicted octanol–water partition coefficient (Wildman–Crippen LogP) is 1.28. The number of rotatable bonds is 4. The average Bonchev–Trinajstić information content (AvgIpc) is 2.38. The Bertz CT molecular complexity index is 403. The SMILES string of the molecule is CCCc1nc(Cl)cc(N2CCOC(CO)C2)n1. The third-order valence-corrected chi connectivity index (χ3v) is 3.06. The van der Waals surface area contributed by atoms with Gasteiger partial charge in [0.1, 0.15) is 16.8 Å². The van der Waals surface area contributed by atoms with Gasteiger partial charge in [0, 0.05) is 25.6 Å². The number of hydrogen-bond donors (Lipinski definition) is 1. The van der Waals surface area contributed by atoms with Crippen molar-refractivity contribution in [3.63, 3.8) is 0 Å². The van der Waals surface area contributed by atoms with E-state index in [0.717, 1.165) is 31.0 Å². The van der Waals surface area contributed by atoms with Crippen molar-refractivity contribution in [1.82, 2.24) is 9.97 Å². The normalized spacial score (nSPS) is 20.2. The van der Waals surface area contributed by atoms with E-state index in [1.54, 1.807) is 6.07 Å². The van der Waals surface area contributed by atoms with E-state index in [9.17, 15) is 0 Å². The molecule has 1 atom stereocenters. The first-order valence-corrected chi connectivity index (χ1v) is 6.61. The third kappa shape index (κ3) is 3.31. The summed E-state index contributed by atoms with van der Waals surface area (Å²) in [6.07, 6.45) is 1.66. The van der Waals surface area contributed by atoms with E-state index in [-0.39, 0.29) is 12.7 Å². The largest absolute Gasteiger partial charge is 0.394 e. The highest BCUT2D eigenvalue weighted by Gasteiger charge is 2.21. The summed E-state index contributed by atoms with van der Waals surface area (Å²) < 4.78 is 5.42. The van der Waals surface area contributed by atoms with E-state index >= 15 is 0 Å². The summed E-state index contributed by atoms with van der Waals surface area (Å²) in [5.41, 5.74) is 0. The van der Waals surface area contributed by atoms with E-state index in [0.29, 0.717) is 18.3 Å². The van der Waals surface area contributed by atoms with E-state index < -0.39 is 0 Å². The van der Waals surface area contributed by atoms with Crippen molar-refractivity contribution in [3.05, 3.63) is 17.0 Å². The van der Waals surface area contributed by atoms with Crippen LogP contribution in [0, 0.1) is 0 Å². The van der Waals surface area contributed by atoms with Crippen LogP contribution in [0.2, 0.25) is 5.15 Å². The molecule has 0 bridgehead atoms. The Balaban J connectivity index is 2.16. The van der Waals surface area contributed by atoms with E-state index in [2.05, 4.69) is 21.8 Å². The molecule has 2 rings (SSSR count). The second kappa shape index (κ2) is 6.31. The smallest absolute Gasteiger partial charge is 0.134 e. The molecular weight excluding hydrogens is 254 g/mol. The molecule has 1 aliphatic rings. The molecule has 1 aliphatic heterocycles. The number of anilines is 1. The fraction of sp³-hybridized carbons (Fsp3) is 0.667. The van der Waals surface area contributed by atoms with Crippen molar-refractivity contribution in [2.75, 3.05) is 31.2 Å². The van der Waals surface area contributed by atoms with Crippen molar-refractivity contribution in [2.24, 2.45) is 0 Å². The van der Waals surface area contributed by atoms with Crippen LogP contribution in [-0.2, 0) is 11.2 Å².